The van der Waals surface area contributed by atoms with E-state index in [0.29, 0.717) is 5.92 Å². The van der Waals surface area contributed by atoms with Crippen molar-refractivity contribution in [3.05, 3.63) is 29.8 Å². The first-order chi connectivity index (χ1) is 9.97. The highest BCUT2D eigenvalue weighted by Crippen LogP contribution is 2.22. The summed E-state index contributed by atoms with van der Waals surface area (Å²) in [4.78, 5) is -0.0266. The van der Waals surface area contributed by atoms with E-state index in [1.54, 1.807) is 0 Å². The van der Waals surface area contributed by atoms with Crippen LogP contribution in [0, 0.1) is 5.92 Å². The van der Waals surface area contributed by atoms with Crippen LogP contribution in [0.15, 0.2) is 29.2 Å². The topological polar surface area (TPSA) is 54.4 Å². The molecule has 0 aliphatic carbocycles. The van der Waals surface area contributed by atoms with Gasteiger partial charge < -0.3 is 0 Å². The van der Waals surface area contributed by atoms with Crippen molar-refractivity contribution in [1.29, 1.82) is 0 Å². The lowest BCUT2D eigenvalue weighted by Gasteiger charge is -2.16. The molecule has 1 rings (SSSR count). The Balaban J connectivity index is 2.58. The molecule has 1 unspecified atom stereocenters. The standard InChI is InChI=1S/C17H28O3S/c1-3-5-6-7-9-15(8-4-2)14-16-10-12-17(13-11-16)21(18,19)20/h10-13,15H,3-9,14H2,1-2H3,(H,18,19,20). The molecule has 0 saturated carbocycles. The van der Waals surface area contributed by atoms with Crippen molar-refractivity contribution in [3.8, 4) is 0 Å². The lowest BCUT2D eigenvalue weighted by molar-refractivity contribution is 0.419. The quantitative estimate of drug-likeness (QED) is 0.495. The molecular formula is C17H28O3S. The zero-order valence-corrected chi connectivity index (χ0v) is 14.0. The van der Waals surface area contributed by atoms with Gasteiger partial charge in [-0.05, 0) is 30.0 Å². The lowest BCUT2D eigenvalue weighted by Crippen LogP contribution is -2.05. The molecule has 21 heavy (non-hydrogen) atoms. The van der Waals surface area contributed by atoms with Crippen molar-refractivity contribution in [2.75, 3.05) is 0 Å². The van der Waals surface area contributed by atoms with E-state index in [2.05, 4.69) is 13.8 Å². The van der Waals surface area contributed by atoms with Crippen LogP contribution in [0.5, 0.6) is 0 Å². The molecule has 1 atom stereocenters. The van der Waals surface area contributed by atoms with Gasteiger partial charge in [0.05, 0.1) is 4.90 Å². The minimum atomic E-state index is -4.08. The van der Waals surface area contributed by atoms with Gasteiger partial charge in [0.15, 0.2) is 0 Å². The fourth-order valence-electron chi connectivity index (χ4n) is 2.75. The van der Waals surface area contributed by atoms with Crippen LogP contribution >= 0.6 is 0 Å². The predicted molar refractivity (Wildman–Crippen MR) is 87.1 cm³/mol. The third-order valence-corrected chi connectivity index (χ3v) is 4.78. The maximum atomic E-state index is 11.0. The molecule has 0 radical (unpaired) electrons. The Hall–Kier alpha value is -0.870. The number of hydrogen-bond acceptors (Lipinski definition) is 2. The minimum Gasteiger partial charge on any atom is -0.282 e. The first kappa shape index (κ1) is 18.2. The van der Waals surface area contributed by atoms with Gasteiger partial charge in [-0.2, -0.15) is 8.42 Å². The molecule has 1 N–H and O–H groups in total. The van der Waals surface area contributed by atoms with Gasteiger partial charge >= 0.3 is 0 Å². The molecule has 0 aliphatic heterocycles. The average Bonchev–Trinajstić information content (AvgIpc) is 2.43. The van der Waals surface area contributed by atoms with Crippen molar-refractivity contribution in [2.24, 2.45) is 5.92 Å². The third kappa shape index (κ3) is 7.09. The van der Waals surface area contributed by atoms with Gasteiger partial charge in [-0.3, -0.25) is 4.55 Å². The molecule has 0 fully saturated rings. The Morgan fingerprint density at radius 2 is 1.62 bits per heavy atom. The van der Waals surface area contributed by atoms with E-state index >= 15 is 0 Å². The van der Waals surface area contributed by atoms with Gasteiger partial charge in [-0.1, -0.05) is 70.9 Å². The average molecular weight is 312 g/mol. The van der Waals surface area contributed by atoms with Crippen molar-refractivity contribution in [2.45, 2.75) is 70.1 Å². The minimum absolute atomic E-state index is 0.0266. The van der Waals surface area contributed by atoms with E-state index in [1.807, 2.05) is 12.1 Å². The van der Waals surface area contributed by atoms with Gasteiger partial charge in [-0.15, -0.1) is 0 Å². The van der Waals surface area contributed by atoms with E-state index in [9.17, 15) is 8.42 Å². The summed E-state index contributed by atoms with van der Waals surface area (Å²) in [6.07, 6.45) is 9.78. The summed E-state index contributed by atoms with van der Waals surface area (Å²) in [7, 11) is -4.08. The second-order valence-electron chi connectivity index (χ2n) is 5.83. The molecule has 0 bridgehead atoms. The summed E-state index contributed by atoms with van der Waals surface area (Å²) in [6, 6.07) is 6.62. The van der Waals surface area contributed by atoms with Gasteiger partial charge in [0.1, 0.15) is 0 Å². The van der Waals surface area contributed by atoms with Crippen LogP contribution < -0.4 is 0 Å². The summed E-state index contributed by atoms with van der Waals surface area (Å²) in [6.45, 7) is 4.43. The zero-order chi connectivity index (χ0) is 15.7. The number of benzene rings is 1. The SMILES string of the molecule is CCCCCCC(CCC)Cc1ccc(S(=O)(=O)O)cc1. The molecule has 0 aromatic heterocycles. The Morgan fingerprint density at radius 3 is 2.14 bits per heavy atom. The molecule has 1 aromatic carbocycles. The normalized spacial score (nSPS) is 13.3. The van der Waals surface area contributed by atoms with E-state index in [4.69, 9.17) is 4.55 Å². The third-order valence-electron chi connectivity index (χ3n) is 3.91. The highest BCUT2D eigenvalue weighted by Gasteiger charge is 2.11. The molecule has 0 aliphatic rings. The number of rotatable bonds is 10. The molecule has 3 nitrogen and oxygen atoms in total. The highest BCUT2D eigenvalue weighted by atomic mass is 32.2. The van der Waals surface area contributed by atoms with Crippen LogP contribution in [0.3, 0.4) is 0 Å². The Bertz CT molecular complexity index is 491. The predicted octanol–water partition coefficient (Wildman–Crippen LogP) is 4.86. The summed E-state index contributed by atoms with van der Waals surface area (Å²) in [5.74, 6) is 0.670. The summed E-state index contributed by atoms with van der Waals surface area (Å²) < 4.78 is 31.0. The lowest BCUT2D eigenvalue weighted by atomic mass is 9.90. The largest absolute Gasteiger partial charge is 0.294 e. The van der Waals surface area contributed by atoms with Crippen molar-refractivity contribution in [3.63, 3.8) is 0 Å². The second kappa shape index (κ2) is 9.21. The van der Waals surface area contributed by atoms with Crippen LogP contribution in [-0.4, -0.2) is 13.0 Å². The van der Waals surface area contributed by atoms with Gasteiger partial charge in [0, 0.05) is 0 Å². The summed E-state index contributed by atoms with van der Waals surface area (Å²) >= 11 is 0. The Kier molecular flexibility index (Phi) is 7.97. The van der Waals surface area contributed by atoms with E-state index < -0.39 is 10.1 Å². The molecule has 0 spiro atoms. The Labute approximate surface area is 129 Å². The molecule has 0 heterocycles. The van der Waals surface area contributed by atoms with Gasteiger partial charge in [0.2, 0.25) is 0 Å². The second-order valence-corrected chi connectivity index (χ2v) is 7.25. The van der Waals surface area contributed by atoms with E-state index in [1.165, 1.54) is 57.1 Å². The van der Waals surface area contributed by atoms with Crippen LogP contribution in [0.25, 0.3) is 0 Å². The maximum absolute atomic E-state index is 11.0. The molecule has 120 valence electrons. The first-order valence-electron chi connectivity index (χ1n) is 8.03. The molecular weight excluding hydrogens is 284 g/mol. The van der Waals surface area contributed by atoms with Crippen LogP contribution in [0.4, 0.5) is 0 Å². The smallest absolute Gasteiger partial charge is 0.282 e. The van der Waals surface area contributed by atoms with Crippen LogP contribution in [0.2, 0.25) is 0 Å². The fourth-order valence-corrected chi connectivity index (χ4v) is 3.23. The van der Waals surface area contributed by atoms with E-state index in [-0.39, 0.29) is 4.90 Å². The van der Waals surface area contributed by atoms with Gasteiger partial charge in [0.25, 0.3) is 10.1 Å². The first-order valence-corrected chi connectivity index (χ1v) is 9.47. The van der Waals surface area contributed by atoms with Crippen molar-refractivity contribution >= 4 is 10.1 Å². The van der Waals surface area contributed by atoms with Crippen molar-refractivity contribution in [1.82, 2.24) is 0 Å². The van der Waals surface area contributed by atoms with Gasteiger partial charge in [-0.25, -0.2) is 0 Å². The molecule has 0 saturated heterocycles. The Morgan fingerprint density at radius 1 is 0.952 bits per heavy atom. The highest BCUT2D eigenvalue weighted by molar-refractivity contribution is 7.85. The molecule has 4 heteroatoms. The summed E-state index contributed by atoms with van der Waals surface area (Å²) in [5, 5.41) is 0. The van der Waals surface area contributed by atoms with Crippen LogP contribution in [0.1, 0.15) is 64.4 Å². The number of unbranched alkanes of at least 4 members (excludes halogenated alkanes) is 3. The summed E-state index contributed by atoms with van der Waals surface area (Å²) in [5.41, 5.74) is 1.15. The number of hydrogen-bond donors (Lipinski definition) is 1. The monoisotopic (exact) mass is 312 g/mol. The fraction of sp³-hybridized carbons (Fsp3) is 0.647. The maximum Gasteiger partial charge on any atom is 0.294 e. The zero-order valence-electron chi connectivity index (χ0n) is 13.2. The molecule has 0 amide bonds. The van der Waals surface area contributed by atoms with E-state index in [0.717, 1.165) is 12.0 Å². The van der Waals surface area contributed by atoms with Crippen molar-refractivity contribution < 1.29 is 13.0 Å². The van der Waals surface area contributed by atoms with Crippen LogP contribution in [-0.2, 0) is 16.5 Å². The molecule has 1 aromatic rings.